The number of anilines is 1. The van der Waals surface area contributed by atoms with Gasteiger partial charge in [-0.15, -0.1) is 0 Å². The first kappa shape index (κ1) is 18.7. The highest BCUT2D eigenvalue weighted by atomic mass is 35.5. The van der Waals surface area contributed by atoms with Gasteiger partial charge in [0.05, 0.1) is 10.6 Å². The van der Waals surface area contributed by atoms with Crippen molar-refractivity contribution in [3.63, 3.8) is 0 Å². The topological polar surface area (TPSA) is 87.6 Å². The lowest BCUT2D eigenvalue weighted by molar-refractivity contribution is 0.0953. The number of hydrogen-bond acceptors (Lipinski definition) is 4. The number of carbonyl (C=O) groups is 1. The van der Waals surface area contributed by atoms with Crippen molar-refractivity contribution < 1.29 is 13.2 Å². The van der Waals surface area contributed by atoms with E-state index in [-0.39, 0.29) is 10.5 Å². The Morgan fingerprint density at radius 3 is 2.75 bits per heavy atom. The number of carbonyl (C=O) groups excluding carboxylic acids is 1. The van der Waals surface area contributed by atoms with Gasteiger partial charge in [-0.05, 0) is 55.2 Å². The van der Waals surface area contributed by atoms with Gasteiger partial charge in [0.1, 0.15) is 0 Å². The predicted molar refractivity (Wildman–Crippen MR) is 109 cm³/mol. The Hall–Kier alpha value is -2.64. The van der Waals surface area contributed by atoms with E-state index in [9.17, 15) is 13.2 Å². The maximum Gasteiger partial charge on any atom is 0.271 e. The Morgan fingerprint density at radius 2 is 1.96 bits per heavy atom. The summed E-state index contributed by atoms with van der Waals surface area (Å²) in [6.45, 7) is 0. The van der Waals surface area contributed by atoms with Gasteiger partial charge in [0.2, 0.25) is 0 Å². The fraction of sp³-hybridized carbons (Fsp3) is 0.200. The number of rotatable bonds is 5. The van der Waals surface area contributed by atoms with Crippen LogP contribution < -0.4 is 10.1 Å². The standard InChI is InChI=1S/C20H18ClN3O3S/c21-15-6-3-7-16(12-15)24-28(26,27)17-8-1-5-14(10-17)20(25)23-22-19-11-13-4-2-9-18(13)19/h1-8,10,12-13,18,24H,9,11H2,(H,23,25)/b22-19-/t13-,18-/m0/s1. The van der Waals surface area contributed by atoms with E-state index in [0.717, 1.165) is 18.6 Å². The van der Waals surface area contributed by atoms with Gasteiger partial charge in [-0.2, -0.15) is 5.10 Å². The van der Waals surface area contributed by atoms with Gasteiger partial charge in [0.25, 0.3) is 15.9 Å². The number of halogens is 1. The Bertz CT molecular complexity index is 1100. The van der Waals surface area contributed by atoms with Crippen molar-refractivity contribution in [3.8, 4) is 0 Å². The van der Waals surface area contributed by atoms with Crippen LogP contribution in [0.15, 0.2) is 70.7 Å². The first-order valence-electron chi connectivity index (χ1n) is 8.84. The molecule has 4 rings (SSSR count). The second-order valence-electron chi connectivity index (χ2n) is 6.83. The molecule has 8 heteroatoms. The lowest BCUT2D eigenvalue weighted by Gasteiger charge is -2.31. The van der Waals surface area contributed by atoms with E-state index in [1.807, 2.05) is 0 Å². The van der Waals surface area contributed by atoms with Crippen LogP contribution in [-0.2, 0) is 10.0 Å². The first-order valence-corrected chi connectivity index (χ1v) is 10.7. The van der Waals surface area contributed by atoms with Crippen LogP contribution in [0.2, 0.25) is 5.02 Å². The molecule has 2 aromatic rings. The van der Waals surface area contributed by atoms with Crippen LogP contribution in [0.4, 0.5) is 5.69 Å². The highest BCUT2D eigenvalue weighted by molar-refractivity contribution is 7.92. The van der Waals surface area contributed by atoms with Crippen molar-refractivity contribution in [1.82, 2.24) is 5.43 Å². The minimum atomic E-state index is -3.86. The van der Waals surface area contributed by atoms with Crippen LogP contribution in [0.25, 0.3) is 0 Å². The monoisotopic (exact) mass is 415 g/mol. The molecule has 0 radical (unpaired) electrons. The highest BCUT2D eigenvalue weighted by Crippen LogP contribution is 2.40. The first-order chi connectivity index (χ1) is 13.4. The van der Waals surface area contributed by atoms with Crippen molar-refractivity contribution >= 4 is 38.9 Å². The molecule has 2 atom stereocenters. The molecule has 144 valence electrons. The molecule has 0 heterocycles. The van der Waals surface area contributed by atoms with Gasteiger partial charge in [0.15, 0.2) is 0 Å². The summed E-state index contributed by atoms with van der Waals surface area (Å²) in [5.74, 6) is 0.498. The molecule has 2 aliphatic rings. The molecule has 0 unspecified atom stereocenters. The lowest BCUT2D eigenvalue weighted by atomic mass is 9.74. The smallest absolute Gasteiger partial charge is 0.271 e. The van der Waals surface area contributed by atoms with Crippen molar-refractivity contribution in [2.24, 2.45) is 16.9 Å². The van der Waals surface area contributed by atoms with E-state index in [0.29, 0.717) is 22.5 Å². The van der Waals surface area contributed by atoms with E-state index < -0.39 is 15.9 Å². The Balaban J connectivity index is 1.47. The van der Waals surface area contributed by atoms with E-state index in [1.165, 1.54) is 24.3 Å². The number of fused-ring (bicyclic) bond motifs is 1. The summed E-state index contributed by atoms with van der Waals surface area (Å²) in [5, 5.41) is 4.63. The van der Waals surface area contributed by atoms with Gasteiger partial charge in [0, 0.05) is 22.2 Å². The largest absolute Gasteiger partial charge is 0.280 e. The predicted octanol–water partition coefficient (Wildman–Crippen LogP) is 3.82. The van der Waals surface area contributed by atoms with Crippen molar-refractivity contribution in [1.29, 1.82) is 0 Å². The summed E-state index contributed by atoms with van der Waals surface area (Å²) < 4.78 is 27.7. The third kappa shape index (κ3) is 3.81. The molecule has 2 aliphatic carbocycles. The quantitative estimate of drug-likeness (QED) is 0.574. The molecule has 2 N–H and O–H groups in total. The Labute approximate surface area is 168 Å². The summed E-state index contributed by atoms with van der Waals surface area (Å²) in [6.07, 6.45) is 6.15. The second-order valence-corrected chi connectivity index (χ2v) is 8.94. The molecule has 1 saturated carbocycles. The average Bonchev–Trinajstić information content (AvgIpc) is 3.02. The number of benzene rings is 2. The number of sulfonamides is 1. The molecule has 1 amide bonds. The fourth-order valence-electron chi connectivity index (χ4n) is 3.42. The molecule has 2 aromatic carbocycles. The van der Waals surface area contributed by atoms with E-state index in [1.54, 1.807) is 24.3 Å². The summed E-state index contributed by atoms with van der Waals surface area (Å²) in [4.78, 5) is 12.4. The maximum atomic E-state index is 12.6. The van der Waals surface area contributed by atoms with Crippen LogP contribution in [0.5, 0.6) is 0 Å². The number of hydrazone groups is 1. The molecule has 0 saturated heterocycles. The molecule has 28 heavy (non-hydrogen) atoms. The van der Waals surface area contributed by atoms with E-state index >= 15 is 0 Å². The van der Waals surface area contributed by atoms with Gasteiger partial charge in [-0.25, -0.2) is 13.8 Å². The normalized spacial score (nSPS) is 21.8. The van der Waals surface area contributed by atoms with Crippen molar-refractivity contribution in [2.45, 2.75) is 17.7 Å². The average molecular weight is 416 g/mol. The summed E-state index contributed by atoms with van der Waals surface area (Å²) in [7, 11) is -3.86. The zero-order chi connectivity index (χ0) is 19.7. The van der Waals surface area contributed by atoms with Crippen molar-refractivity contribution in [3.05, 3.63) is 71.3 Å². The van der Waals surface area contributed by atoms with Gasteiger partial charge in [-0.3, -0.25) is 9.52 Å². The van der Waals surface area contributed by atoms with Gasteiger partial charge >= 0.3 is 0 Å². The van der Waals surface area contributed by atoms with Gasteiger partial charge < -0.3 is 0 Å². The Morgan fingerprint density at radius 1 is 1.14 bits per heavy atom. The molecule has 0 bridgehead atoms. The minimum absolute atomic E-state index is 0.0171. The van der Waals surface area contributed by atoms with E-state index in [2.05, 4.69) is 27.4 Å². The van der Waals surface area contributed by atoms with Crippen LogP contribution in [-0.4, -0.2) is 20.0 Å². The van der Waals surface area contributed by atoms with Crippen LogP contribution in [0.1, 0.15) is 23.2 Å². The van der Waals surface area contributed by atoms with Gasteiger partial charge in [-0.1, -0.05) is 35.9 Å². The highest BCUT2D eigenvalue weighted by Gasteiger charge is 2.38. The SMILES string of the molecule is O=C(N/N=C1/C[C@@H]2C=CC[C@H]12)c1cccc(S(=O)(=O)Nc2cccc(Cl)c2)c1. The molecule has 6 nitrogen and oxygen atoms in total. The van der Waals surface area contributed by atoms with Crippen LogP contribution >= 0.6 is 11.6 Å². The summed E-state index contributed by atoms with van der Waals surface area (Å²) in [5.41, 5.74) is 4.09. The second kappa shape index (κ2) is 7.41. The molecule has 0 aromatic heterocycles. The number of allylic oxidation sites excluding steroid dienone is 2. The zero-order valence-electron chi connectivity index (χ0n) is 14.8. The lowest BCUT2D eigenvalue weighted by Crippen LogP contribution is -2.35. The molecular formula is C20H18ClN3O3S. The third-order valence-corrected chi connectivity index (χ3v) is 6.56. The zero-order valence-corrected chi connectivity index (χ0v) is 16.4. The Kier molecular flexibility index (Phi) is 4.95. The van der Waals surface area contributed by atoms with Crippen LogP contribution in [0.3, 0.4) is 0 Å². The summed E-state index contributed by atoms with van der Waals surface area (Å²) >= 11 is 5.89. The molecular weight excluding hydrogens is 398 g/mol. The number of amides is 1. The maximum absolute atomic E-state index is 12.6. The van der Waals surface area contributed by atoms with Crippen molar-refractivity contribution in [2.75, 3.05) is 4.72 Å². The minimum Gasteiger partial charge on any atom is -0.280 e. The molecule has 0 aliphatic heterocycles. The molecule has 0 spiro atoms. The summed E-state index contributed by atoms with van der Waals surface area (Å²) in [6, 6.07) is 12.2. The van der Waals surface area contributed by atoms with E-state index in [4.69, 9.17) is 11.6 Å². The van der Waals surface area contributed by atoms with Crippen LogP contribution in [0, 0.1) is 11.8 Å². The number of hydrogen-bond donors (Lipinski definition) is 2. The fourth-order valence-corrected chi connectivity index (χ4v) is 4.71. The number of nitrogens with one attached hydrogen (secondary N) is 2. The third-order valence-electron chi connectivity index (χ3n) is 4.95. The molecule has 1 fully saturated rings. The number of nitrogens with zero attached hydrogens (tertiary/aromatic N) is 1.